The van der Waals surface area contributed by atoms with E-state index in [0.29, 0.717) is 13.1 Å². The molecular formula is C27H31NO4S. The molecule has 1 aromatic heterocycles. The van der Waals surface area contributed by atoms with Crippen molar-refractivity contribution in [3.8, 4) is 0 Å². The highest BCUT2D eigenvalue weighted by molar-refractivity contribution is 7.13. The van der Waals surface area contributed by atoms with E-state index < -0.39 is 18.2 Å². The summed E-state index contributed by atoms with van der Waals surface area (Å²) in [4.78, 5) is 15.1. The topological polar surface area (TPSA) is 81.0 Å². The van der Waals surface area contributed by atoms with E-state index in [1.165, 1.54) is 6.08 Å². The first-order valence-electron chi connectivity index (χ1n) is 11.0. The summed E-state index contributed by atoms with van der Waals surface area (Å²) >= 11 is 1.58. The monoisotopic (exact) mass is 465 g/mol. The van der Waals surface area contributed by atoms with E-state index in [9.17, 15) is 15.0 Å². The maximum atomic E-state index is 11.0. The second kappa shape index (κ2) is 11.9. The number of hydrogen-bond acceptors (Lipinski definition) is 5. The second-order valence-electron chi connectivity index (χ2n) is 8.29. The van der Waals surface area contributed by atoms with Crippen LogP contribution in [-0.4, -0.2) is 45.3 Å². The van der Waals surface area contributed by atoms with Crippen LogP contribution in [0.3, 0.4) is 0 Å². The first kappa shape index (κ1) is 24.9. The summed E-state index contributed by atoms with van der Waals surface area (Å²) in [6.45, 7) is 4.68. The first-order valence-corrected chi connectivity index (χ1v) is 11.9. The fourth-order valence-corrected chi connectivity index (χ4v) is 4.92. The van der Waals surface area contributed by atoms with Crippen LogP contribution >= 0.6 is 11.3 Å². The summed E-state index contributed by atoms with van der Waals surface area (Å²) in [6, 6.07) is 23.1. The van der Waals surface area contributed by atoms with Gasteiger partial charge in [0, 0.05) is 35.0 Å². The van der Waals surface area contributed by atoms with Crippen LogP contribution in [0, 0.1) is 0 Å². The number of aliphatic hydroxyl groups is 2. The van der Waals surface area contributed by atoms with Crippen molar-refractivity contribution in [2.45, 2.75) is 38.5 Å². The second-order valence-corrected chi connectivity index (χ2v) is 9.46. The molecule has 0 aliphatic heterocycles. The van der Waals surface area contributed by atoms with Gasteiger partial charge in [-0.25, -0.2) is 4.79 Å². The zero-order valence-corrected chi connectivity index (χ0v) is 19.8. The molecule has 0 aliphatic carbocycles. The Morgan fingerprint density at radius 3 is 1.91 bits per heavy atom. The number of carboxylic acid groups (broad SMARTS) is 1. The number of benzene rings is 2. The summed E-state index contributed by atoms with van der Waals surface area (Å²) in [7, 11) is 0. The Labute approximate surface area is 199 Å². The van der Waals surface area contributed by atoms with Crippen LogP contribution in [0.1, 0.15) is 46.9 Å². The lowest BCUT2D eigenvalue weighted by Gasteiger charge is -2.32. The van der Waals surface area contributed by atoms with Gasteiger partial charge in [0.05, 0.1) is 12.2 Å². The van der Waals surface area contributed by atoms with Crippen molar-refractivity contribution in [3.63, 3.8) is 0 Å². The van der Waals surface area contributed by atoms with E-state index in [-0.39, 0.29) is 6.04 Å². The van der Waals surface area contributed by atoms with E-state index in [1.54, 1.807) is 18.3 Å². The Bertz CT molecular complexity index is 1000. The Kier molecular flexibility index (Phi) is 8.97. The molecule has 0 saturated heterocycles. The number of carbonyl (C=O) groups is 1. The maximum Gasteiger partial charge on any atom is 0.328 e. The summed E-state index contributed by atoms with van der Waals surface area (Å²) in [6.07, 6.45) is 0.610. The highest BCUT2D eigenvalue weighted by Crippen LogP contribution is 2.27. The predicted molar refractivity (Wildman–Crippen MR) is 133 cm³/mol. The van der Waals surface area contributed by atoms with Gasteiger partial charge in [0.1, 0.15) is 0 Å². The zero-order chi connectivity index (χ0) is 23.8. The molecular weight excluding hydrogens is 434 g/mol. The summed E-state index contributed by atoms with van der Waals surface area (Å²) in [5, 5.41) is 30.7. The van der Waals surface area contributed by atoms with Gasteiger partial charge in [-0.1, -0.05) is 60.7 Å². The minimum Gasteiger partial charge on any atom is -0.478 e. The first-order chi connectivity index (χ1) is 15.8. The van der Waals surface area contributed by atoms with Crippen LogP contribution in [0.25, 0.3) is 5.57 Å². The molecule has 0 aliphatic rings. The minimum absolute atomic E-state index is 0.0528. The summed E-state index contributed by atoms with van der Waals surface area (Å²) in [5.74, 6) is -0.952. The van der Waals surface area contributed by atoms with Gasteiger partial charge in [-0.05, 0) is 49.1 Å². The van der Waals surface area contributed by atoms with Gasteiger partial charge in [0.2, 0.25) is 0 Å². The number of nitrogens with zero attached hydrogens (tertiary/aromatic N) is 1. The molecule has 0 bridgehead atoms. The number of allylic oxidation sites excluding steroid dienone is 1. The number of rotatable bonds is 11. The highest BCUT2D eigenvalue weighted by atomic mass is 32.1. The summed E-state index contributed by atoms with van der Waals surface area (Å²) < 4.78 is 0. The third kappa shape index (κ3) is 7.37. The summed E-state index contributed by atoms with van der Waals surface area (Å²) in [5.41, 5.74) is 2.41. The van der Waals surface area contributed by atoms with Crippen molar-refractivity contribution >= 4 is 22.9 Å². The Morgan fingerprint density at radius 1 is 0.909 bits per heavy atom. The lowest BCUT2D eigenvalue weighted by molar-refractivity contribution is -0.131. The maximum absolute atomic E-state index is 11.0. The van der Waals surface area contributed by atoms with Crippen molar-refractivity contribution in [1.82, 2.24) is 4.90 Å². The third-order valence-electron chi connectivity index (χ3n) is 5.69. The van der Waals surface area contributed by atoms with Crippen LogP contribution in [0.5, 0.6) is 0 Å². The predicted octanol–water partition coefficient (Wildman–Crippen LogP) is 4.94. The molecule has 174 valence electrons. The molecule has 1 heterocycles. The average molecular weight is 466 g/mol. The SMILES string of the molecule is C/C(=C\C(=O)O)c1ccc(C[C@@H](C)N(C[C@H](O)c2ccccc2)C[C@H](O)c2ccccc2)s1. The van der Waals surface area contributed by atoms with E-state index in [0.717, 1.165) is 32.9 Å². The molecule has 33 heavy (non-hydrogen) atoms. The quantitative estimate of drug-likeness (QED) is 0.350. The number of thiophene rings is 1. The highest BCUT2D eigenvalue weighted by Gasteiger charge is 2.23. The van der Waals surface area contributed by atoms with Gasteiger partial charge >= 0.3 is 5.97 Å². The fourth-order valence-electron chi connectivity index (χ4n) is 3.82. The smallest absolute Gasteiger partial charge is 0.328 e. The van der Waals surface area contributed by atoms with Crippen LogP contribution in [-0.2, 0) is 11.2 Å². The van der Waals surface area contributed by atoms with Gasteiger partial charge in [0.25, 0.3) is 0 Å². The third-order valence-corrected chi connectivity index (χ3v) is 6.94. The number of aliphatic carboxylic acids is 1. The lowest BCUT2D eigenvalue weighted by atomic mass is 10.0. The Hall–Kier alpha value is -2.77. The number of hydrogen-bond donors (Lipinski definition) is 3. The van der Waals surface area contributed by atoms with Crippen LogP contribution in [0.4, 0.5) is 0 Å². The Balaban J connectivity index is 1.76. The molecule has 3 atom stereocenters. The largest absolute Gasteiger partial charge is 0.478 e. The zero-order valence-electron chi connectivity index (χ0n) is 19.0. The van der Waals surface area contributed by atoms with Gasteiger partial charge in [-0.3, -0.25) is 4.90 Å². The molecule has 0 unspecified atom stereocenters. The van der Waals surface area contributed by atoms with E-state index in [4.69, 9.17) is 5.11 Å². The fraction of sp³-hybridized carbons (Fsp3) is 0.296. The normalized spacial score (nSPS) is 14.8. The van der Waals surface area contributed by atoms with Gasteiger partial charge in [-0.15, -0.1) is 11.3 Å². The molecule has 0 radical (unpaired) electrons. The minimum atomic E-state index is -0.952. The van der Waals surface area contributed by atoms with Crippen molar-refractivity contribution in [2.24, 2.45) is 0 Å². The van der Waals surface area contributed by atoms with Crippen LogP contribution in [0.2, 0.25) is 0 Å². The van der Waals surface area contributed by atoms with E-state index >= 15 is 0 Å². The molecule has 2 aromatic carbocycles. The van der Waals surface area contributed by atoms with Crippen LogP contribution < -0.4 is 0 Å². The molecule has 3 N–H and O–H groups in total. The molecule has 0 saturated carbocycles. The molecule has 0 spiro atoms. The number of aliphatic hydroxyl groups excluding tert-OH is 2. The van der Waals surface area contributed by atoms with Gasteiger partial charge in [0.15, 0.2) is 0 Å². The average Bonchev–Trinajstić information content (AvgIpc) is 3.28. The van der Waals surface area contributed by atoms with Gasteiger partial charge in [-0.2, -0.15) is 0 Å². The molecule has 6 heteroatoms. The van der Waals surface area contributed by atoms with Crippen molar-refractivity contribution in [2.75, 3.05) is 13.1 Å². The van der Waals surface area contributed by atoms with Gasteiger partial charge < -0.3 is 15.3 Å². The van der Waals surface area contributed by atoms with Crippen molar-refractivity contribution in [3.05, 3.63) is 99.8 Å². The molecule has 0 amide bonds. The molecule has 0 fully saturated rings. The number of carboxylic acids is 1. The van der Waals surface area contributed by atoms with E-state index in [1.807, 2.05) is 72.8 Å². The molecule has 3 rings (SSSR count). The van der Waals surface area contributed by atoms with Crippen molar-refractivity contribution < 1.29 is 20.1 Å². The van der Waals surface area contributed by atoms with E-state index in [2.05, 4.69) is 11.8 Å². The molecule has 3 aromatic rings. The standard InChI is InChI=1S/C27H31NO4S/c1-19(15-27(31)32)26-14-13-23(33-26)16-20(2)28(17-24(29)21-9-5-3-6-10-21)18-25(30)22-11-7-4-8-12-22/h3-15,20,24-25,29-30H,16-18H2,1-2H3,(H,31,32)/b19-15+/t20-,24+,25+/m1/s1. The van der Waals surface area contributed by atoms with Crippen molar-refractivity contribution in [1.29, 1.82) is 0 Å². The lowest BCUT2D eigenvalue weighted by Crippen LogP contribution is -2.40. The van der Waals surface area contributed by atoms with Crippen LogP contribution in [0.15, 0.2) is 78.9 Å². The Morgan fingerprint density at radius 2 is 1.42 bits per heavy atom. The molecule has 5 nitrogen and oxygen atoms in total.